The predicted octanol–water partition coefficient (Wildman–Crippen LogP) is 2.59. The molecule has 1 rings (SSSR count). The third kappa shape index (κ3) is 5.30. The summed E-state index contributed by atoms with van der Waals surface area (Å²) >= 11 is 1.95. The molecule has 3 unspecified atom stereocenters. The number of carbonyl (C=O) groups is 1. The lowest BCUT2D eigenvalue weighted by atomic mass is 9.94. The molecule has 100 valence electrons. The molecule has 0 aromatic heterocycles. The molecule has 1 aliphatic rings. The van der Waals surface area contributed by atoms with Gasteiger partial charge in [-0.3, -0.25) is 4.79 Å². The van der Waals surface area contributed by atoms with Gasteiger partial charge in [0.05, 0.1) is 13.0 Å². The summed E-state index contributed by atoms with van der Waals surface area (Å²) in [5.41, 5.74) is 0. The molecule has 0 heterocycles. The molecule has 4 heteroatoms. The van der Waals surface area contributed by atoms with Gasteiger partial charge in [0.25, 0.3) is 0 Å². The van der Waals surface area contributed by atoms with Crippen molar-refractivity contribution in [2.24, 2.45) is 0 Å². The van der Waals surface area contributed by atoms with Crippen LogP contribution in [0.15, 0.2) is 0 Å². The summed E-state index contributed by atoms with van der Waals surface area (Å²) in [5, 5.41) is 4.29. The molecule has 1 aliphatic carbocycles. The number of ether oxygens (including phenoxy) is 1. The molecule has 0 saturated heterocycles. The van der Waals surface area contributed by atoms with Gasteiger partial charge >= 0.3 is 5.97 Å². The largest absolute Gasteiger partial charge is 0.466 e. The first kappa shape index (κ1) is 14.8. The fraction of sp³-hybridized carbons (Fsp3) is 0.923. The van der Waals surface area contributed by atoms with Gasteiger partial charge < -0.3 is 10.1 Å². The zero-order valence-electron chi connectivity index (χ0n) is 11.2. The van der Waals surface area contributed by atoms with Crippen molar-refractivity contribution in [2.75, 3.05) is 12.9 Å². The molecule has 0 radical (unpaired) electrons. The molecule has 0 aromatic rings. The van der Waals surface area contributed by atoms with Crippen LogP contribution in [-0.2, 0) is 9.53 Å². The standard InChI is InChI=1S/C13H25NO2S/c1-4-16-13(15)9-10(2)14-11-7-5-6-8-12(11)17-3/h10-12,14H,4-9H2,1-3H3. The average molecular weight is 259 g/mol. The van der Waals surface area contributed by atoms with Gasteiger partial charge in [-0.2, -0.15) is 11.8 Å². The number of hydrogen-bond donors (Lipinski definition) is 1. The van der Waals surface area contributed by atoms with Crippen molar-refractivity contribution in [1.82, 2.24) is 5.32 Å². The van der Waals surface area contributed by atoms with Crippen LogP contribution in [-0.4, -0.2) is 36.2 Å². The highest BCUT2D eigenvalue weighted by Crippen LogP contribution is 2.27. The molecule has 17 heavy (non-hydrogen) atoms. The van der Waals surface area contributed by atoms with Crippen LogP contribution < -0.4 is 5.32 Å². The second-order valence-electron chi connectivity index (χ2n) is 4.74. The van der Waals surface area contributed by atoms with E-state index in [4.69, 9.17) is 4.74 Å². The van der Waals surface area contributed by atoms with Crippen molar-refractivity contribution < 1.29 is 9.53 Å². The predicted molar refractivity (Wildman–Crippen MR) is 73.4 cm³/mol. The first-order valence-corrected chi connectivity index (χ1v) is 7.90. The van der Waals surface area contributed by atoms with Crippen LogP contribution in [0.1, 0.15) is 46.0 Å². The van der Waals surface area contributed by atoms with Gasteiger partial charge in [-0.1, -0.05) is 12.8 Å². The number of thioether (sulfide) groups is 1. The van der Waals surface area contributed by atoms with Crippen molar-refractivity contribution in [3.8, 4) is 0 Å². The van der Waals surface area contributed by atoms with Crippen molar-refractivity contribution in [1.29, 1.82) is 0 Å². The van der Waals surface area contributed by atoms with E-state index in [1.807, 2.05) is 18.7 Å². The monoisotopic (exact) mass is 259 g/mol. The van der Waals surface area contributed by atoms with Crippen molar-refractivity contribution in [3.05, 3.63) is 0 Å². The van der Waals surface area contributed by atoms with Crippen LogP contribution in [0.4, 0.5) is 0 Å². The lowest BCUT2D eigenvalue weighted by Crippen LogP contribution is -2.45. The summed E-state index contributed by atoms with van der Waals surface area (Å²) in [4.78, 5) is 11.4. The fourth-order valence-corrected chi connectivity index (χ4v) is 3.41. The Morgan fingerprint density at radius 3 is 2.82 bits per heavy atom. The van der Waals surface area contributed by atoms with Gasteiger partial charge in [-0.25, -0.2) is 0 Å². The third-order valence-electron chi connectivity index (χ3n) is 3.28. The lowest BCUT2D eigenvalue weighted by Gasteiger charge is -2.33. The topological polar surface area (TPSA) is 38.3 Å². The average Bonchev–Trinajstić information content (AvgIpc) is 2.29. The van der Waals surface area contributed by atoms with Gasteiger partial charge in [0.1, 0.15) is 0 Å². The van der Waals surface area contributed by atoms with E-state index >= 15 is 0 Å². The molecular weight excluding hydrogens is 234 g/mol. The van der Waals surface area contributed by atoms with E-state index in [1.165, 1.54) is 25.7 Å². The highest BCUT2D eigenvalue weighted by molar-refractivity contribution is 7.99. The zero-order valence-corrected chi connectivity index (χ0v) is 12.0. The van der Waals surface area contributed by atoms with Crippen LogP contribution in [0.25, 0.3) is 0 Å². The van der Waals surface area contributed by atoms with E-state index < -0.39 is 0 Å². The van der Waals surface area contributed by atoms with Gasteiger partial charge in [0, 0.05) is 17.3 Å². The zero-order chi connectivity index (χ0) is 12.7. The first-order chi connectivity index (χ1) is 8.17. The second-order valence-corrected chi connectivity index (χ2v) is 5.82. The Hall–Kier alpha value is -0.220. The first-order valence-electron chi connectivity index (χ1n) is 6.61. The maximum absolute atomic E-state index is 11.4. The number of rotatable bonds is 6. The van der Waals surface area contributed by atoms with E-state index in [2.05, 4.69) is 18.5 Å². The quantitative estimate of drug-likeness (QED) is 0.744. The van der Waals surface area contributed by atoms with Crippen LogP contribution in [0.3, 0.4) is 0 Å². The Kier molecular flexibility index (Phi) is 6.97. The normalized spacial score (nSPS) is 26.5. The summed E-state index contributed by atoms with van der Waals surface area (Å²) in [7, 11) is 0. The molecular formula is C13H25NO2S. The third-order valence-corrected chi connectivity index (χ3v) is 4.45. The highest BCUT2D eigenvalue weighted by atomic mass is 32.2. The minimum absolute atomic E-state index is 0.0935. The van der Waals surface area contributed by atoms with E-state index in [-0.39, 0.29) is 12.0 Å². The minimum Gasteiger partial charge on any atom is -0.466 e. The molecule has 1 N–H and O–H groups in total. The van der Waals surface area contributed by atoms with Crippen molar-refractivity contribution in [2.45, 2.75) is 63.3 Å². The molecule has 1 saturated carbocycles. The van der Waals surface area contributed by atoms with Crippen molar-refractivity contribution in [3.63, 3.8) is 0 Å². The van der Waals surface area contributed by atoms with E-state index in [1.54, 1.807) is 0 Å². The van der Waals surface area contributed by atoms with Gasteiger partial charge in [-0.15, -0.1) is 0 Å². The van der Waals surface area contributed by atoms with E-state index in [0.717, 1.165) is 0 Å². The smallest absolute Gasteiger partial charge is 0.307 e. The summed E-state index contributed by atoms with van der Waals surface area (Å²) in [6, 6.07) is 0.773. The van der Waals surface area contributed by atoms with Gasteiger partial charge in [0.2, 0.25) is 0 Å². The van der Waals surface area contributed by atoms with Crippen molar-refractivity contribution >= 4 is 17.7 Å². The van der Waals surface area contributed by atoms with Gasteiger partial charge in [0.15, 0.2) is 0 Å². The Labute approximate surface area is 109 Å². The van der Waals surface area contributed by atoms with Crippen LogP contribution in [0, 0.1) is 0 Å². The van der Waals surface area contributed by atoms with Crippen LogP contribution >= 0.6 is 11.8 Å². The van der Waals surface area contributed by atoms with E-state index in [9.17, 15) is 4.79 Å². The molecule has 0 spiro atoms. The van der Waals surface area contributed by atoms with Crippen LogP contribution in [0.5, 0.6) is 0 Å². The molecule has 0 aliphatic heterocycles. The Morgan fingerprint density at radius 1 is 1.47 bits per heavy atom. The molecule has 0 bridgehead atoms. The number of hydrogen-bond acceptors (Lipinski definition) is 4. The number of esters is 1. The van der Waals surface area contributed by atoms with Gasteiger partial charge in [-0.05, 0) is 32.9 Å². The SMILES string of the molecule is CCOC(=O)CC(C)NC1CCCCC1SC. The molecule has 3 nitrogen and oxygen atoms in total. The molecule has 3 atom stereocenters. The second kappa shape index (κ2) is 7.98. The molecule has 0 amide bonds. The minimum atomic E-state index is -0.0935. The number of nitrogens with one attached hydrogen (secondary N) is 1. The summed E-state index contributed by atoms with van der Waals surface area (Å²) in [5.74, 6) is -0.0935. The number of carbonyl (C=O) groups excluding carboxylic acids is 1. The highest BCUT2D eigenvalue weighted by Gasteiger charge is 2.25. The summed E-state index contributed by atoms with van der Waals surface area (Å²) in [6.45, 7) is 4.40. The maximum Gasteiger partial charge on any atom is 0.307 e. The molecule has 1 fully saturated rings. The fourth-order valence-electron chi connectivity index (χ4n) is 2.46. The Balaban J connectivity index is 2.33. The Bertz CT molecular complexity index is 235. The summed E-state index contributed by atoms with van der Waals surface area (Å²) in [6.07, 6.45) is 7.84. The lowest BCUT2D eigenvalue weighted by molar-refractivity contribution is -0.143. The molecule has 0 aromatic carbocycles. The van der Waals surface area contributed by atoms with E-state index in [0.29, 0.717) is 24.3 Å². The summed E-state index contributed by atoms with van der Waals surface area (Å²) < 4.78 is 4.97. The Morgan fingerprint density at radius 2 is 2.18 bits per heavy atom. The maximum atomic E-state index is 11.4. The van der Waals surface area contributed by atoms with Crippen LogP contribution in [0.2, 0.25) is 0 Å².